The second-order valence-electron chi connectivity index (χ2n) is 6.56. The van der Waals surface area contributed by atoms with Crippen LogP contribution >= 0.6 is 0 Å². The first-order valence-corrected chi connectivity index (χ1v) is 8.93. The molecular weight excluding hydrogens is 397 g/mol. The van der Waals surface area contributed by atoms with Crippen LogP contribution in [0.4, 0.5) is 13.2 Å². The Morgan fingerprint density at radius 3 is 2.37 bits per heavy atom. The van der Waals surface area contributed by atoms with E-state index in [4.69, 9.17) is 9.47 Å². The van der Waals surface area contributed by atoms with E-state index in [9.17, 15) is 13.2 Å². The fourth-order valence-electron chi connectivity index (χ4n) is 3.25. The van der Waals surface area contributed by atoms with Crippen LogP contribution in [-0.2, 0) is 6.18 Å². The molecule has 0 aliphatic rings. The van der Waals surface area contributed by atoms with E-state index in [1.54, 1.807) is 38.3 Å². The number of benzene rings is 1. The molecule has 4 aromatic rings. The Morgan fingerprint density at radius 1 is 0.900 bits per heavy atom. The first kappa shape index (κ1) is 19.7. The summed E-state index contributed by atoms with van der Waals surface area (Å²) >= 11 is 0. The summed E-state index contributed by atoms with van der Waals surface area (Å²) in [6, 6.07) is 9.96. The predicted octanol–water partition coefficient (Wildman–Crippen LogP) is 4.80. The fourth-order valence-corrected chi connectivity index (χ4v) is 3.25. The SMILES string of the molecule is COc1ccc(-c2ccc3nc(C)c(-c4cncc(C(F)(F)F)c4)n3n2)cc1OC. The van der Waals surface area contributed by atoms with Crippen molar-refractivity contribution >= 4 is 5.65 Å². The maximum atomic E-state index is 13.1. The number of halogens is 3. The van der Waals surface area contributed by atoms with E-state index in [2.05, 4.69) is 15.1 Å². The Labute approximate surface area is 169 Å². The molecular formula is C21H17F3N4O2. The number of fused-ring (bicyclic) bond motifs is 1. The van der Waals surface area contributed by atoms with Crippen molar-refractivity contribution in [3.05, 3.63) is 60.0 Å². The second-order valence-corrected chi connectivity index (χ2v) is 6.56. The maximum absolute atomic E-state index is 13.1. The fraction of sp³-hybridized carbons (Fsp3) is 0.190. The molecule has 0 amide bonds. The van der Waals surface area contributed by atoms with Crippen molar-refractivity contribution in [3.8, 4) is 34.0 Å². The van der Waals surface area contributed by atoms with Gasteiger partial charge >= 0.3 is 6.18 Å². The summed E-state index contributed by atoms with van der Waals surface area (Å²) in [5, 5.41) is 4.61. The highest BCUT2D eigenvalue weighted by Crippen LogP contribution is 2.34. The maximum Gasteiger partial charge on any atom is 0.417 e. The van der Waals surface area contributed by atoms with Crippen LogP contribution in [0.5, 0.6) is 11.5 Å². The van der Waals surface area contributed by atoms with Crippen LogP contribution in [0.2, 0.25) is 0 Å². The van der Waals surface area contributed by atoms with E-state index in [0.29, 0.717) is 34.2 Å². The van der Waals surface area contributed by atoms with Gasteiger partial charge in [-0.05, 0) is 43.3 Å². The van der Waals surface area contributed by atoms with Crippen molar-refractivity contribution in [2.45, 2.75) is 13.1 Å². The zero-order chi connectivity index (χ0) is 21.5. The zero-order valence-corrected chi connectivity index (χ0v) is 16.4. The van der Waals surface area contributed by atoms with Gasteiger partial charge in [-0.2, -0.15) is 18.3 Å². The summed E-state index contributed by atoms with van der Waals surface area (Å²) in [5.74, 6) is 1.12. The number of hydrogen-bond acceptors (Lipinski definition) is 5. The number of imidazole rings is 1. The van der Waals surface area contributed by atoms with Gasteiger partial charge in [0.15, 0.2) is 17.1 Å². The third kappa shape index (κ3) is 3.42. The summed E-state index contributed by atoms with van der Waals surface area (Å²) in [6.45, 7) is 1.72. The summed E-state index contributed by atoms with van der Waals surface area (Å²) in [4.78, 5) is 8.18. The van der Waals surface area contributed by atoms with Gasteiger partial charge in [-0.15, -0.1) is 0 Å². The number of methoxy groups -OCH3 is 2. The summed E-state index contributed by atoms with van der Waals surface area (Å²) in [7, 11) is 3.09. The minimum absolute atomic E-state index is 0.284. The standard InChI is InChI=1S/C21H17F3N4O2/c1-12-20(14-8-15(11-25-10-14)21(22,23)24)28-19(26-12)7-5-16(27-28)13-4-6-17(29-2)18(9-13)30-3/h4-11H,1-3H3. The van der Waals surface area contributed by atoms with Gasteiger partial charge in [0.25, 0.3) is 0 Å². The molecule has 0 saturated carbocycles. The molecule has 0 aliphatic heterocycles. The van der Waals surface area contributed by atoms with E-state index in [1.807, 2.05) is 6.07 Å². The van der Waals surface area contributed by atoms with Crippen molar-refractivity contribution in [3.63, 3.8) is 0 Å². The van der Waals surface area contributed by atoms with Crippen LogP contribution in [0.3, 0.4) is 0 Å². The Hall–Kier alpha value is -3.62. The zero-order valence-electron chi connectivity index (χ0n) is 16.4. The minimum atomic E-state index is -4.49. The highest BCUT2D eigenvalue weighted by molar-refractivity contribution is 5.69. The number of ether oxygens (including phenoxy) is 2. The van der Waals surface area contributed by atoms with Gasteiger partial charge in [-0.25, -0.2) is 9.50 Å². The highest BCUT2D eigenvalue weighted by atomic mass is 19.4. The molecule has 0 aliphatic carbocycles. The molecule has 30 heavy (non-hydrogen) atoms. The van der Waals surface area contributed by atoms with E-state index >= 15 is 0 Å². The number of pyridine rings is 1. The number of aromatic nitrogens is 4. The number of rotatable bonds is 4. The van der Waals surface area contributed by atoms with E-state index in [-0.39, 0.29) is 5.56 Å². The van der Waals surface area contributed by atoms with Crippen LogP contribution in [-0.4, -0.2) is 33.8 Å². The monoisotopic (exact) mass is 414 g/mol. The summed E-state index contributed by atoms with van der Waals surface area (Å²) < 4.78 is 51.6. The lowest BCUT2D eigenvalue weighted by atomic mass is 10.1. The molecule has 9 heteroatoms. The number of alkyl halides is 3. The van der Waals surface area contributed by atoms with Crippen LogP contribution in [0.15, 0.2) is 48.8 Å². The number of nitrogens with zero attached hydrogens (tertiary/aromatic N) is 4. The van der Waals surface area contributed by atoms with Crippen LogP contribution in [0, 0.1) is 6.92 Å². The van der Waals surface area contributed by atoms with E-state index in [0.717, 1.165) is 17.8 Å². The molecule has 0 atom stereocenters. The molecule has 0 N–H and O–H groups in total. The van der Waals surface area contributed by atoms with Gasteiger partial charge in [0.1, 0.15) is 0 Å². The molecule has 0 radical (unpaired) electrons. The highest BCUT2D eigenvalue weighted by Gasteiger charge is 2.31. The Balaban J connectivity index is 1.87. The molecule has 0 unspecified atom stereocenters. The minimum Gasteiger partial charge on any atom is -0.493 e. The largest absolute Gasteiger partial charge is 0.493 e. The van der Waals surface area contributed by atoms with Crippen LogP contribution < -0.4 is 9.47 Å². The lowest BCUT2D eigenvalue weighted by Crippen LogP contribution is -2.06. The quantitative estimate of drug-likeness (QED) is 0.480. The molecule has 4 rings (SSSR count). The number of aryl methyl sites for hydroxylation is 1. The van der Waals surface area contributed by atoms with Crippen LogP contribution in [0.1, 0.15) is 11.3 Å². The normalized spacial score (nSPS) is 11.7. The van der Waals surface area contributed by atoms with Gasteiger partial charge in [-0.3, -0.25) is 4.98 Å². The third-order valence-electron chi connectivity index (χ3n) is 4.67. The topological polar surface area (TPSA) is 61.5 Å². The molecule has 6 nitrogen and oxygen atoms in total. The molecule has 3 heterocycles. The third-order valence-corrected chi connectivity index (χ3v) is 4.67. The average molecular weight is 414 g/mol. The van der Waals surface area contributed by atoms with Gasteiger partial charge in [0.05, 0.1) is 36.9 Å². The first-order chi connectivity index (χ1) is 14.3. The molecule has 3 aromatic heterocycles. The molecule has 0 bridgehead atoms. The Morgan fingerprint density at radius 2 is 1.67 bits per heavy atom. The number of hydrogen-bond donors (Lipinski definition) is 0. The summed E-state index contributed by atoms with van der Waals surface area (Å²) in [5.41, 5.74) is 2.33. The molecule has 0 spiro atoms. The molecule has 154 valence electrons. The predicted molar refractivity (Wildman–Crippen MR) is 104 cm³/mol. The Bertz CT molecular complexity index is 1230. The smallest absolute Gasteiger partial charge is 0.417 e. The van der Waals surface area contributed by atoms with Crippen molar-refractivity contribution in [1.82, 2.24) is 19.6 Å². The van der Waals surface area contributed by atoms with E-state index in [1.165, 1.54) is 17.8 Å². The lowest BCUT2D eigenvalue weighted by Gasteiger charge is -2.10. The van der Waals surface area contributed by atoms with Crippen molar-refractivity contribution in [2.24, 2.45) is 0 Å². The molecule has 1 aromatic carbocycles. The Kier molecular flexibility index (Phi) is 4.81. The van der Waals surface area contributed by atoms with Crippen molar-refractivity contribution in [1.29, 1.82) is 0 Å². The second kappa shape index (κ2) is 7.33. The molecule has 0 fully saturated rings. The van der Waals surface area contributed by atoms with Gasteiger partial charge in [0, 0.05) is 23.5 Å². The van der Waals surface area contributed by atoms with Crippen LogP contribution in [0.25, 0.3) is 28.2 Å². The van der Waals surface area contributed by atoms with Gasteiger partial charge in [0.2, 0.25) is 0 Å². The first-order valence-electron chi connectivity index (χ1n) is 8.93. The molecule has 0 saturated heterocycles. The average Bonchev–Trinajstić information content (AvgIpc) is 3.07. The van der Waals surface area contributed by atoms with Gasteiger partial charge in [-0.1, -0.05) is 0 Å². The van der Waals surface area contributed by atoms with Crippen molar-refractivity contribution < 1.29 is 22.6 Å². The van der Waals surface area contributed by atoms with E-state index < -0.39 is 11.7 Å². The van der Waals surface area contributed by atoms with Crippen molar-refractivity contribution in [2.75, 3.05) is 14.2 Å². The summed E-state index contributed by atoms with van der Waals surface area (Å²) in [6.07, 6.45) is -2.32. The van der Waals surface area contributed by atoms with Gasteiger partial charge < -0.3 is 9.47 Å². The lowest BCUT2D eigenvalue weighted by molar-refractivity contribution is -0.137.